The second-order valence-corrected chi connectivity index (χ2v) is 1.99. The number of methoxy groups -OCH3 is 1. The minimum absolute atomic E-state index is 0.433. The zero-order valence-corrected chi connectivity index (χ0v) is 5.80. The van der Waals surface area contributed by atoms with Crippen molar-refractivity contribution >= 4 is 13.0 Å². The lowest BCUT2D eigenvalue weighted by Gasteiger charge is -1.98. The van der Waals surface area contributed by atoms with Gasteiger partial charge in [-0.2, -0.15) is 0 Å². The molecule has 3 heteroatoms. The van der Waals surface area contributed by atoms with Crippen molar-refractivity contribution in [3.63, 3.8) is 0 Å². The molecule has 52 valence electrons. The number of ether oxygens (including phenoxy) is 1. The van der Waals surface area contributed by atoms with Crippen LogP contribution in [0.15, 0.2) is 24.3 Å². The van der Waals surface area contributed by atoms with Crippen LogP contribution in [0.4, 0.5) is 4.32 Å². The van der Waals surface area contributed by atoms with E-state index in [2.05, 4.69) is 0 Å². The van der Waals surface area contributed by atoms with Crippen molar-refractivity contribution in [2.24, 2.45) is 0 Å². The Morgan fingerprint density at radius 1 is 1.50 bits per heavy atom. The van der Waals surface area contributed by atoms with E-state index in [0.29, 0.717) is 11.2 Å². The van der Waals surface area contributed by atoms with Gasteiger partial charge in [-0.3, -0.25) is 0 Å². The van der Waals surface area contributed by atoms with E-state index in [4.69, 9.17) is 4.74 Å². The van der Waals surface area contributed by atoms with E-state index in [1.165, 1.54) is 0 Å². The van der Waals surface area contributed by atoms with Crippen LogP contribution in [-0.2, 0) is 0 Å². The average Bonchev–Trinajstić information content (AvgIpc) is 2.05. The fraction of sp³-hybridized carbons (Fsp3) is 0.143. The van der Waals surface area contributed by atoms with E-state index >= 15 is 0 Å². The van der Waals surface area contributed by atoms with Gasteiger partial charge in [0.2, 0.25) is 0 Å². The first-order valence-electron chi connectivity index (χ1n) is 3.05. The Morgan fingerprint density at radius 3 is 2.90 bits per heavy atom. The van der Waals surface area contributed by atoms with Crippen molar-refractivity contribution in [3.05, 3.63) is 24.3 Å². The maximum absolute atomic E-state index is 12.0. The molecule has 0 saturated heterocycles. The van der Waals surface area contributed by atoms with Gasteiger partial charge >= 0.3 is 7.56 Å². The van der Waals surface area contributed by atoms with E-state index in [9.17, 15) is 4.32 Å². The van der Waals surface area contributed by atoms with Crippen molar-refractivity contribution in [1.82, 2.24) is 0 Å². The molecule has 1 rings (SSSR count). The van der Waals surface area contributed by atoms with Crippen LogP contribution in [-0.4, -0.2) is 14.7 Å². The van der Waals surface area contributed by atoms with Crippen LogP contribution >= 0.6 is 0 Å². The van der Waals surface area contributed by atoms with Crippen molar-refractivity contribution in [1.29, 1.82) is 0 Å². The van der Waals surface area contributed by atoms with Crippen LogP contribution in [0.2, 0.25) is 0 Å². The third-order valence-corrected chi connectivity index (χ3v) is 1.29. The van der Waals surface area contributed by atoms with Crippen molar-refractivity contribution in [2.75, 3.05) is 7.11 Å². The van der Waals surface area contributed by atoms with Gasteiger partial charge in [0, 0.05) is 0 Å². The smallest absolute Gasteiger partial charge is 0.364 e. The Labute approximate surface area is 60.1 Å². The Bertz CT molecular complexity index is 195. The number of rotatable bonds is 2. The van der Waals surface area contributed by atoms with Gasteiger partial charge in [-0.05, 0) is 17.6 Å². The van der Waals surface area contributed by atoms with E-state index in [1.54, 1.807) is 31.4 Å². The molecule has 0 heterocycles. The van der Waals surface area contributed by atoms with Crippen LogP contribution < -0.4 is 10.2 Å². The first kappa shape index (κ1) is 7.13. The molecular weight excluding hydrogens is 130 g/mol. The molecule has 1 aromatic carbocycles. The predicted molar refractivity (Wildman–Crippen MR) is 40.9 cm³/mol. The van der Waals surface area contributed by atoms with Crippen LogP contribution in [0.1, 0.15) is 0 Å². The molecule has 0 radical (unpaired) electrons. The van der Waals surface area contributed by atoms with Crippen LogP contribution in [0.5, 0.6) is 5.75 Å². The van der Waals surface area contributed by atoms with Gasteiger partial charge in [-0.25, -0.2) is 0 Å². The Hall–Kier alpha value is -0.985. The molecule has 0 unspecified atom stereocenters. The van der Waals surface area contributed by atoms with Gasteiger partial charge in [-0.15, -0.1) is 0 Å². The summed E-state index contributed by atoms with van der Waals surface area (Å²) in [7, 11) is 1.13. The van der Waals surface area contributed by atoms with Gasteiger partial charge in [0.15, 0.2) is 0 Å². The number of hydrogen-bond donors (Lipinski definition) is 0. The standard InChI is InChI=1S/C7H8BFO/c1-10-7-4-2-3-6(5-7)8-9/h2-5,8H,1H3. The lowest BCUT2D eigenvalue weighted by atomic mass is 9.91. The highest BCUT2D eigenvalue weighted by Gasteiger charge is 1.94. The fourth-order valence-corrected chi connectivity index (χ4v) is 0.756. The molecule has 0 saturated carbocycles. The Kier molecular flexibility index (Phi) is 2.32. The zero-order chi connectivity index (χ0) is 7.40. The topological polar surface area (TPSA) is 9.23 Å². The SMILES string of the molecule is COc1cccc(BF)c1. The van der Waals surface area contributed by atoms with Crippen molar-refractivity contribution in [3.8, 4) is 5.75 Å². The maximum atomic E-state index is 12.0. The molecule has 0 aromatic heterocycles. The lowest BCUT2D eigenvalue weighted by Crippen LogP contribution is -2.08. The monoisotopic (exact) mass is 138 g/mol. The average molecular weight is 138 g/mol. The minimum atomic E-state index is -0.433. The lowest BCUT2D eigenvalue weighted by molar-refractivity contribution is 0.415. The molecule has 0 spiro atoms. The van der Waals surface area contributed by atoms with Gasteiger partial charge in [0.1, 0.15) is 5.75 Å². The van der Waals surface area contributed by atoms with Gasteiger partial charge < -0.3 is 9.05 Å². The highest BCUT2D eigenvalue weighted by Crippen LogP contribution is 2.04. The van der Waals surface area contributed by atoms with Gasteiger partial charge in [0.05, 0.1) is 7.11 Å². The quantitative estimate of drug-likeness (QED) is 0.545. The molecule has 0 aliphatic heterocycles. The largest absolute Gasteiger partial charge is 0.497 e. The fourth-order valence-electron chi connectivity index (χ4n) is 0.756. The van der Waals surface area contributed by atoms with Crippen LogP contribution in [0, 0.1) is 0 Å². The normalized spacial score (nSPS) is 9.00. The summed E-state index contributed by atoms with van der Waals surface area (Å²) >= 11 is 0. The maximum Gasteiger partial charge on any atom is 0.364 e. The first-order valence-corrected chi connectivity index (χ1v) is 3.05. The molecule has 1 nitrogen and oxygen atoms in total. The summed E-state index contributed by atoms with van der Waals surface area (Å²) in [6, 6.07) is 6.97. The third-order valence-electron chi connectivity index (χ3n) is 1.29. The molecule has 0 amide bonds. The van der Waals surface area contributed by atoms with E-state index in [0.717, 1.165) is 0 Å². The molecule has 10 heavy (non-hydrogen) atoms. The number of hydrogen-bond acceptors (Lipinski definition) is 1. The van der Waals surface area contributed by atoms with E-state index in [-0.39, 0.29) is 0 Å². The summed E-state index contributed by atoms with van der Waals surface area (Å²) in [5.41, 5.74) is 0.652. The highest BCUT2D eigenvalue weighted by atomic mass is 19.1. The van der Waals surface area contributed by atoms with E-state index in [1.807, 2.05) is 0 Å². The Balaban J connectivity index is 2.87. The molecule has 0 fully saturated rings. The molecule has 0 aliphatic rings. The Morgan fingerprint density at radius 2 is 2.30 bits per heavy atom. The number of benzene rings is 1. The summed E-state index contributed by atoms with van der Waals surface area (Å²) in [6.45, 7) is 0. The van der Waals surface area contributed by atoms with Crippen molar-refractivity contribution in [2.45, 2.75) is 0 Å². The summed E-state index contributed by atoms with van der Waals surface area (Å²) in [4.78, 5) is 0. The minimum Gasteiger partial charge on any atom is -0.497 e. The van der Waals surface area contributed by atoms with Crippen LogP contribution in [0.3, 0.4) is 0 Å². The molecule has 0 bridgehead atoms. The first-order chi connectivity index (χ1) is 4.86. The number of halogens is 1. The third kappa shape index (κ3) is 1.50. The molecule has 0 N–H and O–H groups in total. The van der Waals surface area contributed by atoms with Crippen LogP contribution in [0.25, 0.3) is 0 Å². The second kappa shape index (κ2) is 3.25. The highest BCUT2D eigenvalue weighted by molar-refractivity contribution is 6.46. The predicted octanol–water partition coefficient (Wildman–Crippen LogP) is 0.641. The molecular formula is C7H8BFO. The summed E-state index contributed by atoms with van der Waals surface area (Å²) < 4.78 is 16.9. The van der Waals surface area contributed by atoms with Gasteiger partial charge in [-0.1, -0.05) is 12.1 Å². The summed E-state index contributed by atoms with van der Waals surface area (Å²) in [5.74, 6) is 0.704. The zero-order valence-electron chi connectivity index (χ0n) is 5.80. The molecule has 1 aromatic rings. The second-order valence-electron chi connectivity index (χ2n) is 1.99. The summed E-state index contributed by atoms with van der Waals surface area (Å²) in [6.07, 6.45) is 0. The van der Waals surface area contributed by atoms with Gasteiger partial charge in [0.25, 0.3) is 0 Å². The van der Waals surface area contributed by atoms with E-state index < -0.39 is 7.56 Å². The van der Waals surface area contributed by atoms with Crippen molar-refractivity contribution < 1.29 is 9.05 Å². The summed E-state index contributed by atoms with van der Waals surface area (Å²) in [5, 5.41) is 0. The molecule has 0 atom stereocenters. The molecule has 0 aliphatic carbocycles.